The van der Waals surface area contributed by atoms with Crippen LogP contribution in [-0.2, 0) is 17.7 Å². The number of ether oxygens (including phenoxy) is 2. The van der Waals surface area contributed by atoms with E-state index in [4.69, 9.17) is 9.47 Å². The first kappa shape index (κ1) is 22.6. The van der Waals surface area contributed by atoms with Crippen LogP contribution in [0.1, 0.15) is 49.6 Å². The Morgan fingerprint density at radius 1 is 1.18 bits per heavy atom. The summed E-state index contributed by atoms with van der Waals surface area (Å²) in [5.74, 6) is 0.489. The zero-order valence-corrected chi connectivity index (χ0v) is 20.0. The van der Waals surface area contributed by atoms with Gasteiger partial charge in [-0.3, -0.25) is 9.59 Å². The van der Waals surface area contributed by atoms with Gasteiger partial charge in [0.15, 0.2) is 0 Å². The highest BCUT2D eigenvalue weighted by atomic mass is 32.1. The topological polar surface area (TPSA) is 67.9 Å². The van der Waals surface area contributed by atoms with Crippen molar-refractivity contribution in [2.24, 2.45) is 0 Å². The van der Waals surface area contributed by atoms with Crippen molar-refractivity contribution < 1.29 is 19.1 Å². The lowest BCUT2D eigenvalue weighted by Crippen LogP contribution is -2.35. The fourth-order valence-corrected chi connectivity index (χ4v) is 5.35. The van der Waals surface area contributed by atoms with E-state index in [-0.39, 0.29) is 17.9 Å². The molecule has 1 N–H and O–H groups in total. The molecule has 0 aliphatic carbocycles. The average Bonchev–Trinajstić information content (AvgIpc) is 3.55. The zero-order valence-electron chi connectivity index (χ0n) is 19.2. The molecule has 1 aromatic heterocycles. The monoisotopic (exact) mass is 476 g/mol. The number of hydrogen-bond donors (Lipinski definition) is 1. The highest BCUT2D eigenvalue weighted by Gasteiger charge is 2.24. The van der Waals surface area contributed by atoms with Crippen molar-refractivity contribution in [3.05, 3.63) is 81.0 Å². The standard InChI is InChI=1S/C27H28N2O4S/c1-18-23(27(31)29-13-11-25-20(16-29)12-15-34-25)5-2-6-24(18)28-26(30)19-7-9-21(10-8-19)33-17-22-4-3-14-32-22/h2,5-10,12,15,22H,3-4,11,13-14,16-17H2,1H3,(H,28,30). The summed E-state index contributed by atoms with van der Waals surface area (Å²) in [6.07, 6.45) is 3.14. The molecule has 3 heterocycles. The summed E-state index contributed by atoms with van der Waals surface area (Å²) in [5, 5.41) is 5.05. The maximum Gasteiger partial charge on any atom is 0.255 e. The van der Waals surface area contributed by atoms with Crippen molar-refractivity contribution in [2.75, 3.05) is 25.1 Å². The highest BCUT2D eigenvalue weighted by Crippen LogP contribution is 2.27. The number of anilines is 1. The van der Waals surface area contributed by atoms with Gasteiger partial charge in [0.1, 0.15) is 12.4 Å². The van der Waals surface area contributed by atoms with Gasteiger partial charge in [-0.1, -0.05) is 6.07 Å². The minimum Gasteiger partial charge on any atom is -0.491 e. The lowest BCUT2D eigenvalue weighted by atomic mass is 10.0. The molecule has 7 heteroatoms. The number of nitrogens with one attached hydrogen (secondary N) is 1. The van der Waals surface area contributed by atoms with Crippen molar-refractivity contribution in [2.45, 2.75) is 38.8 Å². The summed E-state index contributed by atoms with van der Waals surface area (Å²) >= 11 is 1.76. The number of carbonyl (C=O) groups is 2. The van der Waals surface area contributed by atoms with Gasteiger partial charge in [-0.15, -0.1) is 11.3 Å². The molecule has 2 aliphatic rings. The summed E-state index contributed by atoms with van der Waals surface area (Å²) in [6, 6.07) is 14.7. The highest BCUT2D eigenvalue weighted by molar-refractivity contribution is 7.10. The number of nitrogens with zero attached hydrogens (tertiary/aromatic N) is 1. The minimum absolute atomic E-state index is 0.00167. The largest absolute Gasteiger partial charge is 0.491 e. The molecule has 176 valence electrons. The van der Waals surface area contributed by atoms with Gasteiger partial charge in [-0.05, 0) is 85.2 Å². The van der Waals surface area contributed by atoms with Crippen LogP contribution in [0.3, 0.4) is 0 Å². The van der Waals surface area contributed by atoms with Gasteiger partial charge in [0.25, 0.3) is 11.8 Å². The molecule has 1 fully saturated rings. The van der Waals surface area contributed by atoms with Gasteiger partial charge >= 0.3 is 0 Å². The lowest BCUT2D eigenvalue weighted by molar-refractivity contribution is 0.0679. The predicted octanol–water partition coefficient (Wildman–Crippen LogP) is 5.07. The van der Waals surface area contributed by atoms with Crippen LogP contribution in [0, 0.1) is 6.92 Å². The third-order valence-electron chi connectivity index (χ3n) is 6.48. The molecule has 1 unspecified atom stereocenters. The Kier molecular flexibility index (Phi) is 6.65. The van der Waals surface area contributed by atoms with Crippen molar-refractivity contribution in [3.63, 3.8) is 0 Å². The van der Waals surface area contributed by atoms with Crippen molar-refractivity contribution in [3.8, 4) is 5.75 Å². The van der Waals surface area contributed by atoms with Crippen LogP contribution < -0.4 is 10.1 Å². The van der Waals surface area contributed by atoms with Gasteiger partial charge in [-0.25, -0.2) is 0 Å². The Bertz CT molecular complexity index is 1180. The van der Waals surface area contributed by atoms with Crippen LogP contribution >= 0.6 is 11.3 Å². The molecule has 5 rings (SSSR count). The Morgan fingerprint density at radius 3 is 2.82 bits per heavy atom. The van der Waals surface area contributed by atoms with Gasteiger partial charge < -0.3 is 19.7 Å². The lowest BCUT2D eigenvalue weighted by Gasteiger charge is -2.28. The van der Waals surface area contributed by atoms with Crippen LogP contribution in [0.25, 0.3) is 0 Å². The number of carbonyl (C=O) groups excluding carboxylic acids is 2. The molecule has 0 radical (unpaired) electrons. The molecule has 2 aromatic carbocycles. The molecule has 1 atom stereocenters. The molecule has 0 bridgehead atoms. The first-order chi connectivity index (χ1) is 16.6. The SMILES string of the molecule is Cc1c(NC(=O)c2ccc(OCC3CCCO3)cc2)cccc1C(=O)N1CCc2sccc2C1. The number of fused-ring (bicyclic) bond motifs is 1. The van der Waals surface area contributed by atoms with E-state index >= 15 is 0 Å². The second-order valence-electron chi connectivity index (χ2n) is 8.75. The first-order valence-electron chi connectivity index (χ1n) is 11.7. The average molecular weight is 477 g/mol. The normalized spacial score (nSPS) is 17.3. The van der Waals surface area contributed by atoms with Crippen LogP contribution in [-0.4, -0.2) is 42.6 Å². The van der Waals surface area contributed by atoms with E-state index in [2.05, 4.69) is 16.8 Å². The summed E-state index contributed by atoms with van der Waals surface area (Å²) < 4.78 is 11.4. The van der Waals surface area contributed by atoms with Crippen LogP contribution in [0.15, 0.2) is 53.9 Å². The smallest absolute Gasteiger partial charge is 0.255 e. The Hall–Kier alpha value is -3.16. The molecular weight excluding hydrogens is 448 g/mol. The number of rotatable bonds is 6. The van der Waals surface area contributed by atoms with Crippen molar-refractivity contribution in [1.29, 1.82) is 0 Å². The summed E-state index contributed by atoms with van der Waals surface area (Å²) in [7, 11) is 0. The van der Waals surface area contributed by atoms with E-state index in [1.165, 1.54) is 10.4 Å². The predicted molar refractivity (Wildman–Crippen MR) is 133 cm³/mol. The number of thiophene rings is 1. The molecule has 3 aromatic rings. The third kappa shape index (κ3) is 4.86. The molecule has 6 nitrogen and oxygen atoms in total. The fraction of sp³-hybridized carbons (Fsp3) is 0.333. The molecule has 2 aliphatic heterocycles. The number of benzene rings is 2. The van der Waals surface area contributed by atoms with Crippen LogP contribution in [0.5, 0.6) is 5.75 Å². The maximum atomic E-state index is 13.2. The summed E-state index contributed by atoms with van der Waals surface area (Å²) in [5.41, 5.74) is 3.79. The quantitative estimate of drug-likeness (QED) is 0.540. The number of hydrogen-bond acceptors (Lipinski definition) is 5. The van der Waals surface area contributed by atoms with Gasteiger partial charge in [0.05, 0.1) is 6.10 Å². The Balaban J connectivity index is 1.23. The third-order valence-corrected chi connectivity index (χ3v) is 7.51. The maximum absolute atomic E-state index is 13.2. The van der Waals surface area contributed by atoms with Gasteiger partial charge in [-0.2, -0.15) is 0 Å². The minimum atomic E-state index is -0.223. The fourth-order valence-electron chi connectivity index (χ4n) is 4.46. The zero-order chi connectivity index (χ0) is 23.5. The molecule has 0 spiro atoms. The number of amides is 2. The summed E-state index contributed by atoms with van der Waals surface area (Å²) in [6.45, 7) is 4.55. The molecule has 34 heavy (non-hydrogen) atoms. The van der Waals surface area contributed by atoms with Crippen molar-refractivity contribution in [1.82, 2.24) is 4.90 Å². The first-order valence-corrected chi connectivity index (χ1v) is 12.6. The Morgan fingerprint density at radius 2 is 2.03 bits per heavy atom. The van der Waals surface area contributed by atoms with E-state index in [1.807, 2.05) is 30.0 Å². The van der Waals surface area contributed by atoms with Crippen molar-refractivity contribution >= 4 is 28.8 Å². The van der Waals surface area contributed by atoms with E-state index in [1.54, 1.807) is 35.6 Å². The Labute approximate surface area is 203 Å². The van der Waals surface area contributed by atoms with E-state index in [0.29, 0.717) is 42.3 Å². The second kappa shape index (κ2) is 9.99. The van der Waals surface area contributed by atoms with Gasteiger partial charge in [0, 0.05) is 41.4 Å². The molecular formula is C27H28N2O4S. The van der Waals surface area contributed by atoms with Crippen LogP contribution in [0.2, 0.25) is 0 Å². The van der Waals surface area contributed by atoms with E-state index < -0.39 is 0 Å². The molecule has 1 saturated heterocycles. The molecule has 2 amide bonds. The van der Waals surface area contributed by atoms with Crippen LogP contribution in [0.4, 0.5) is 5.69 Å². The van der Waals surface area contributed by atoms with Gasteiger partial charge in [0.2, 0.25) is 0 Å². The van der Waals surface area contributed by atoms with E-state index in [9.17, 15) is 9.59 Å². The summed E-state index contributed by atoms with van der Waals surface area (Å²) in [4.78, 5) is 29.4. The molecule has 0 saturated carbocycles. The van der Waals surface area contributed by atoms with E-state index in [0.717, 1.165) is 31.4 Å². The second-order valence-corrected chi connectivity index (χ2v) is 9.75.